The van der Waals surface area contributed by atoms with Crippen molar-refractivity contribution in [2.24, 2.45) is 4.99 Å². The van der Waals surface area contributed by atoms with E-state index in [1.807, 2.05) is 12.1 Å². The molecule has 3 N–H and O–H groups in total. The van der Waals surface area contributed by atoms with Crippen molar-refractivity contribution in [1.29, 1.82) is 0 Å². The Morgan fingerprint density at radius 1 is 0.964 bits per heavy atom. The molecular formula is C23H32N4O. The monoisotopic (exact) mass is 380 g/mol. The van der Waals surface area contributed by atoms with E-state index < -0.39 is 0 Å². The second-order valence-electron chi connectivity index (χ2n) is 7.37. The van der Waals surface area contributed by atoms with Gasteiger partial charge in [-0.05, 0) is 61.7 Å². The first kappa shape index (κ1) is 20.2. The average molecular weight is 381 g/mol. The van der Waals surface area contributed by atoms with E-state index in [9.17, 15) is 5.11 Å². The van der Waals surface area contributed by atoms with Crippen LogP contribution >= 0.6 is 0 Å². The van der Waals surface area contributed by atoms with E-state index in [4.69, 9.17) is 0 Å². The summed E-state index contributed by atoms with van der Waals surface area (Å²) in [6, 6.07) is 16.1. The number of aliphatic imine (C=N–C) groups is 1. The predicted octanol–water partition coefficient (Wildman–Crippen LogP) is 3.63. The van der Waals surface area contributed by atoms with Crippen LogP contribution in [0.15, 0.2) is 53.5 Å². The van der Waals surface area contributed by atoms with Gasteiger partial charge in [0.2, 0.25) is 0 Å². The maximum atomic E-state index is 9.58. The summed E-state index contributed by atoms with van der Waals surface area (Å²) in [4.78, 5) is 7.16. The van der Waals surface area contributed by atoms with Crippen LogP contribution in [0.25, 0.3) is 0 Å². The number of likely N-dealkylation sites (tertiary alicyclic amines) is 1. The number of nitrogens with one attached hydrogen (secondary N) is 2. The van der Waals surface area contributed by atoms with Gasteiger partial charge in [0.15, 0.2) is 5.96 Å². The van der Waals surface area contributed by atoms with Crippen LogP contribution in [0.5, 0.6) is 5.75 Å². The van der Waals surface area contributed by atoms with Crippen LogP contribution in [0.4, 0.5) is 0 Å². The summed E-state index contributed by atoms with van der Waals surface area (Å²) in [5, 5.41) is 16.2. The number of hydrogen-bond donors (Lipinski definition) is 3. The van der Waals surface area contributed by atoms with E-state index >= 15 is 0 Å². The van der Waals surface area contributed by atoms with E-state index in [0.29, 0.717) is 6.54 Å². The molecule has 0 spiro atoms. The summed E-state index contributed by atoms with van der Waals surface area (Å²) in [5.41, 5.74) is 3.61. The number of phenolic OH excluding ortho intramolecular Hbond substituents is 1. The minimum Gasteiger partial charge on any atom is -0.508 e. The van der Waals surface area contributed by atoms with Gasteiger partial charge in [-0.25, -0.2) is 4.99 Å². The number of nitrogens with zero attached hydrogens (tertiary/aromatic N) is 2. The van der Waals surface area contributed by atoms with Gasteiger partial charge in [0.1, 0.15) is 5.75 Å². The fourth-order valence-corrected chi connectivity index (χ4v) is 3.49. The standard InChI is InChI=1S/C23H32N4O/c1-2-24-23(26-17-21-7-6-8-22(28)15-21)25-16-19-9-11-20(12-10-19)18-27-13-4-3-5-14-27/h6-12,15,28H,2-5,13-14,16-18H2,1H3,(H2,24,25,26). The van der Waals surface area contributed by atoms with E-state index in [1.165, 1.54) is 43.5 Å². The number of guanidine groups is 1. The molecule has 1 saturated heterocycles. The lowest BCUT2D eigenvalue weighted by molar-refractivity contribution is 0.221. The highest BCUT2D eigenvalue weighted by atomic mass is 16.3. The highest BCUT2D eigenvalue weighted by molar-refractivity contribution is 5.79. The molecule has 3 rings (SSSR count). The molecule has 0 saturated carbocycles. The third-order valence-electron chi connectivity index (χ3n) is 5.01. The van der Waals surface area contributed by atoms with Crippen molar-refractivity contribution in [1.82, 2.24) is 15.5 Å². The zero-order valence-electron chi connectivity index (χ0n) is 16.8. The van der Waals surface area contributed by atoms with Crippen molar-refractivity contribution >= 4 is 5.96 Å². The van der Waals surface area contributed by atoms with Crippen molar-refractivity contribution in [2.45, 2.75) is 45.8 Å². The third-order valence-corrected chi connectivity index (χ3v) is 5.01. The van der Waals surface area contributed by atoms with Gasteiger partial charge < -0.3 is 15.7 Å². The topological polar surface area (TPSA) is 59.9 Å². The van der Waals surface area contributed by atoms with E-state index in [1.54, 1.807) is 12.1 Å². The number of benzene rings is 2. The quantitative estimate of drug-likeness (QED) is 0.507. The first-order valence-corrected chi connectivity index (χ1v) is 10.3. The smallest absolute Gasteiger partial charge is 0.191 e. The fourth-order valence-electron chi connectivity index (χ4n) is 3.49. The van der Waals surface area contributed by atoms with Crippen LogP contribution in [0.1, 0.15) is 42.9 Å². The highest BCUT2D eigenvalue weighted by Crippen LogP contribution is 2.14. The zero-order chi connectivity index (χ0) is 19.6. The Balaban J connectivity index is 1.51. The minimum absolute atomic E-state index is 0.273. The number of rotatable bonds is 7. The number of hydrogen-bond acceptors (Lipinski definition) is 3. The van der Waals surface area contributed by atoms with Crippen LogP contribution in [0.2, 0.25) is 0 Å². The summed E-state index contributed by atoms with van der Waals surface area (Å²) in [6.45, 7) is 7.63. The van der Waals surface area contributed by atoms with Gasteiger partial charge in [-0.2, -0.15) is 0 Å². The molecule has 2 aromatic rings. The van der Waals surface area contributed by atoms with Crippen LogP contribution < -0.4 is 10.6 Å². The normalized spacial score (nSPS) is 15.4. The second-order valence-corrected chi connectivity index (χ2v) is 7.37. The zero-order valence-corrected chi connectivity index (χ0v) is 16.8. The molecule has 1 aliphatic heterocycles. The molecule has 0 aliphatic carbocycles. The average Bonchev–Trinajstić information content (AvgIpc) is 2.72. The largest absolute Gasteiger partial charge is 0.508 e. The Kier molecular flexibility index (Phi) is 7.73. The number of phenols is 1. The Morgan fingerprint density at radius 2 is 1.71 bits per heavy atom. The van der Waals surface area contributed by atoms with E-state index in [2.05, 4.69) is 51.7 Å². The van der Waals surface area contributed by atoms with Crippen LogP contribution in [-0.2, 0) is 19.6 Å². The lowest BCUT2D eigenvalue weighted by Gasteiger charge is -2.26. The van der Waals surface area contributed by atoms with Crippen LogP contribution in [0, 0.1) is 0 Å². The molecule has 5 nitrogen and oxygen atoms in total. The van der Waals surface area contributed by atoms with Gasteiger partial charge in [-0.1, -0.05) is 42.8 Å². The molecule has 0 aromatic heterocycles. The van der Waals surface area contributed by atoms with Crippen molar-refractivity contribution in [3.63, 3.8) is 0 Å². The number of aromatic hydroxyl groups is 1. The van der Waals surface area contributed by atoms with Gasteiger partial charge in [-0.3, -0.25) is 4.90 Å². The molecule has 0 radical (unpaired) electrons. The molecule has 0 bridgehead atoms. The summed E-state index contributed by atoms with van der Waals surface area (Å²) in [6.07, 6.45) is 4.04. The Morgan fingerprint density at radius 3 is 2.43 bits per heavy atom. The van der Waals surface area contributed by atoms with Crippen LogP contribution in [-0.4, -0.2) is 35.6 Å². The summed E-state index contributed by atoms with van der Waals surface area (Å²) < 4.78 is 0. The van der Waals surface area contributed by atoms with Crippen LogP contribution in [0.3, 0.4) is 0 Å². The highest BCUT2D eigenvalue weighted by Gasteiger charge is 2.10. The molecule has 5 heteroatoms. The van der Waals surface area contributed by atoms with Gasteiger partial charge >= 0.3 is 0 Å². The maximum Gasteiger partial charge on any atom is 0.191 e. The molecule has 0 atom stereocenters. The Labute approximate surface area is 168 Å². The predicted molar refractivity (Wildman–Crippen MR) is 115 cm³/mol. The van der Waals surface area contributed by atoms with Gasteiger partial charge in [0.05, 0.1) is 6.54 Å². The van der Waals surface area contributed by atoms with Crippen molar-refractivity contribution in [3.8, 4) is 5.75 Å². The SMILES string of the molecule is CCNC(=NCc1cccc(O)c1)NCc1ccc(CN2CCCCC2)cc1. The van der Waals surface area contributed by atoms with Gasteiger partial charge in [-0.15, -0.1) is 0 Å². The first-order valence-electron chi connectivity index (χ1n) is 10.3. The Hall–Kier alpha value is -2.53. The van der Waals surface area contributed by atoms with Crippen molar-refractivity contribution < 1.29 is 5.11 Å². The lowest BCUT2D eigenvalue weighted by Crippen LogP contribution is -2.36. The minimum atomic E-state index is 0.273. The molecule has 28 heavy (non-hydrogen) atoms. The molecule has 1 fully saturated rings. The summed E-state index contributed by atoms with van der Waals surface area (Å²) in [7, 11) is 0. The van der Waals surface area contributed by atoms with Gasteiger partial charge in [0.25, 0.3) is 0 Å². The molecule has 0 unspecified atom stereocenters. The first-order chi connectivity index (χ1) is 13.7. The molecular weight excluding hydrogens is 348 g/mol. The van der Waals surface area contributed by atoms with E-state index in [0.717, 1.165) is 31.2 Å². The maximum absolute atomic E-state index is 9.58. The summed E-state index contributed by atoms with van der Waals surface area (Å²) in [5.74, 6) is 1.05. The van der Waals surface area contributed by atoms with E-state index in [-0.39, 0.29) is 5.75 Å². The second kappa shape index (κ2) is 10.7. The fraction of sp³-hybridized carbons (Fsp3) is 0.435. The number of piperidine rings is 1. The molecule has 150 valence electrons. The van der Waals surface area contributed by atoms with Gasteiger partial charge in [0, 0.05) is 19.6 Å². The molecule has 0 amide bonds. The summed E-state index contributed by atoms with van der Waals surface area (Å²) >= 11 is 0. The third kappa shape index (κ3) is 6.57. The van der Waals surface area contributed by atoms with Crippen molar-refractivity contribution in [2.75, 3.05) is 19.6 Å². The lowest BCUT2D eigenvalue weighted by atomic mass is 10.1. The molecule has 2 aromatic carbocycles. The molecule has 1 aliphatic rings. The van der Waals surface area contributed by atoms with Crippen molar-refractivity contribution in [3.05, 3.63) is 65.2 Å². The molecule has 1 heterocycles. The Bertz CT molecular complexity index is 751.